The average Bonchev–Trinajstić information content (AvgIpc) is 2.40. The average molecular weight is 282 g/mol. The first-order valence-corrected chi connectivity index (χ1v) is 5.94. The maximum atomic E-state index is 12.3. The molecule has 2 N–H and O–H groups in total. The van der Waals surface area contributed by atoms with E-state index < -0.39 is 6.67 Å². The fourth-order valence-electron chi connectivity index (χ4n) is 1.72. The Hall–Kier alpha value is -1.58. The number of para-hydroxylation sites is 1. The molecule has 0 aliphatic carbocycles. The lowest BCUT2D eigenvalue weighted by atomic mass is 10.1. The Labute approximate surface area is 118 Å². The van der Waals surface area contributed by atoms with E-state index in [1.54, 1.807) is 0 Å². The van der Waals surface area contributed by atoms with Crippen LogP contribution >= 0.6 is 12.4 Å². The van der Waals surface area contributed by atoms with Crippen molar-refractivity contribution >= 4 is 12.4 Å². The van der Waals surface area contributed by atoms with E-state index in [2.05, 4.69) is 0 Å². The highest BCUT2D eigenvalue weighted by molar-refractivity contribution is 5.85. The van der Waals surface area contributed by atoms with Crippen molar-refractivity contribution < 1.29 is 9.13 Å². The molecule has 2 rings (SSSR count). The molecule has 0 aromatic heterocycles. The molecular formula is C15H17ClFNO. The zero-order valence-electron chi connectivity index (χ0n) is 10.5. The number of alkyl halides is 1. The third kappa shape index (κ3) is 4.54. The summed E-state index contributed by atoms with van der Waals surface area (Å²) in [5, 5.41) is 0. The van der Waals surface area contributed by atoms with Crippen molar-refractivity contribution in [2.45, 2.75) is 12.5 Å². The monoisotopic (exact) mass is 281 g/mol. The Morgan fingerprint density at radius 2 is 1.68 bits per heavy atom. The molecule has 0 radical (unpaired) electrons. The van der Waals surface area contributed by atoms with Gasteiger partial charge in [-0.3, -0.25) is 4.39 Å². The van der Waals surface area contributed by atoms with Crippen LogP contribution < -0.4 is 10.5 Å². The van der Waals surface area contributed by atoms with Crippen molar-refractivity contribution in [3.8, 4) is 11.5 Å². The first-order valence-electron chi connectivity index (χ1n) is 5.94. The highest BCUT2D eigenvalue weighted by atomic mass is 35.5. The summed E-state index contributed by atoms with van der Waals surface area (Å²) in [4.78, 5) is 0. The summed E-state index contributed by atoms with van der Waals surface area (Å²) in [7, 11) is 0. The van der Waals surface area contributed by atoms with Crippen LogP contribution in [0.4, 0.5) is 4.39 Å². The van der Waals surface area contributed by atoms with Crippen molar-refractivity contribution in [2.24, 2.45) is 5.73 Å². The summed E-state index contributed by atoms with van der Waals surface area (Å²) in [6, 6.07) is 16.7. The highest BCUT2D eigenvalue weighted by Crippen LogP contribution is 2.24. The summed E-state index contributed by atoms with van der Waals surface area (Å²) in [6.07, 6.45) is 0.328. The molecule has 19 heavy (non-hydrogen) atoms. The number of benzene rings is 2. The minimum Gasteiger partial charge on any atom is -0.457 e. The third-order valence-electron chi connectivity index (χ3n) is 2.69. The van der Waals surface area contributed by atoms with Gasteiger partial charge < -0.3 is 10.5 Å². The zero-order valence-corrected chi connectivity index (χ0v) is 11.3. The summed E-state index contributed by atoms with van der Waals surface area (Å²) in [5.74, 6) is 1.49. The summed E-state index contributed by atoms with van der Waals surface area (Å²) >= 11 is 0. The normalized spacial score (nSPS) is 11.5. The van der Waals surface area contributed by atoms with Gasteiger partial charge in [-0.05, 0) is 36.2 Å². The van der Waals surface area contributed by atoms with Crippen molar-refractivity contribution in [2.75, 3.05) is 6.67 Å². The third-order valence-corrected chi connectivity index (χ3v) is 2.69. The van der Waals surface area contributed by atoms with Gasteiger partial charge in [0.15, 0.2) is 0 Å². The smallest absolute Gasteiger partial charge is 0.127 e. The van der Waals surface area contributed by atoms with Crippen molar-refractivity contribution in [3.05, 3.63) is 60.2 Å². The van der Waals surface area contributed by atoms with E-state index in [-0.39, 0.29) is 18.4 Å². The van der Waals surface area contributed by atoms with Crippen LogP contribution in [0.25, 0.3) is 0 Å². The molecule has 2 aromatic carbocycles. The highest BCUT2D eigenvalue weighted by Gasteiger charge is 2.06. The predicted octanol–water partition coefficient (Wildman–Crippen LogP) is 4.26. The molecule has 0 amide bonds. The van der Waals surface area contributed by atoms with Crippen LogP contribution in [0.1, 0.15) is 18.0 Å². The van der Waals surface area contributed by atoms with Crippen LogP contribution in [-0.4, -0.2) is 6.67 Å². The van der Waals surface area contributed by atoms with E-state index >= 15 is 0 Å². The van der Waals surface area contributed by atoms with Crippen LogP contribution in [0.5, 0.6) is 11.5 Å². The van der Waals surface area contributed by atoms with E-state index in [1.165, 1.54) is 0 Å². The van der Waals surface area contributed by atoms with Gasteiger partial charge in [0.2, 0.25) is 0 Å². The molecule has 1 atom stereocenters. The summed E-state index contributed by atoms with van der Waals surface area (Å²) in [5.41, 5.74) is 6.76. The van der Waals surface area contributed by atoms with Gasteiger partial charge in [-0.15, -0.1) is 12.4 Å². The van der Waals surface area contributed by atoms with Gasteiger partial charge in [0.1, 0.15) is 11.5 Å². The van der Waals surface area contributed by atoms with Gasteiger partial charge in [-0.25, -0.2) is 0 Å². The molecule has 0 heterocycles. The van der Waals surface area contributed by atoms with E-state index in [4.69, 9.17) is 10.5 Å². The Kier molecular flexibility index (Phi) is 6.33. The van der Waals surface area contributed by atoms with Gasteiger partial charge >= 0.3 is 0 Å². The topological polar surface area (TPSA) is 35.2 Å². The van der Waals surface area contributed by atoms with Crippen molar-refractivity contribution in [1.82, 2.24) is 0 Å². The summed E-state index contributed by atoms with van der Waals surface area (Å²) < 4.78 is 18.0. The lowest BCUT2D eigenvalue weighted by molar-refractivity contribution is 0.440. The number of hydrogen-bond donors (Lipinski definition) is 1. The second-order valence-corrected chi connectivity index (χ2v) is 4.07. The largest absolute Gasteiger partial charge is 0.457 e. The first-order chi connectivity index (χ1) is 8.79. The molecule has 0 unspecified atom stereocenters. The summed E-state index contributed by atoms with van der Waals surface area (Å²) in [6.45, 7) is -0.412. The lowest BCUT2D eigenvalue weighted by Gasteiger charge is -2.12. The van der Waals surface area contributed by atoms with Crippen molar-refractivity contribution in [3.63, 3.8) is 0 Å². The molecule has 0 saturated heterocycles. The molecule has 0 fully saturated rings. The fourth-order valence-corrected chi connectivity index (χ4v) is 1.72. The minimum atomic E-state index is -0.412. The van der Waals surface area contributed by atoms with E-state index in [0.29, 0.717) is 12.2 Å². The number of ether oxygens (including phenoxy) is 1. The number of nitrogens with two attached hydrogens (primary N) is 1. The number of rotatable bonds is 5. The molecule has 0 aliphatic rings. The van der Waals surface area contributed by atoms with E-state index in [9.17, 15) is 4.39 Å². The van der Waals surface area contributed by atoms with E-state index in [1.807, 2.05) is 54.6 Å². The number of hydrogen-bond acceptors (Lipinski definition) is 2. The Balaban J connectivity index is 0.00000180. The molecule has 102 valence electrons. The molecule has 2 nitrogen and oxygen atoms in total. The van der Waals surface area contributed by atoms with Crippen LogP contribution in [0.15, 0.2) is 54.6 Å². The van der Waals surface area contributed by atoms with E-state index in [0.717, 1.165) is 11.3 Å². The SMILES string of the molecule is Cl.N[C@H](CCF)c1cccc(Oc2ccccc2)c1. The Bertz CT molecular complexity index is 493. The van der Waals surface area contributed by atoms with Gasteiger partial charge in [0, 0.05) is 6.04 Å². The predicted molar refractivity (Wildman–Crippen MR) is 77.7 cm³/mol. The van der Waals surface area contributed by atoms with Crippen LogP contribution in [-0.2, 0) is 0 Å². The number of halogens is 2. The molecule has 0 saturated carbocycles. The van der Waals surface area contributed by atoms with Gasteiger partial charge in [-0.1, -0.05) is 30.3 Å². The maximum Gasteiger partial charge on any atom is 0.127 e. The van der Waals surface area contributed by atoms with Crippen LogP contribution in [0, 0.1) is 0 Å². The second kappa shape index (κ2) is 7.77. The lowest BCUT2D eigenvalue weighted by Crippen LogP contribution is -2.10. The molecule has 0 bridgehead atoms. The fraction of sp³-hybridized carbons (Fsp3) is 0.200. The molecule has 2 aromatic rings. The van der Waals surface area contributed by atoms with Gasteiger partial charge in [0.25, 0.3) is 0 Å². The van der Waals surface area contributed by atoms with Crippen LogP contribution in [0.2, 0.25) is 0 Å². The quantitative estimate of drug-likeness (QED) is 0.889. The molecule has 0 spiro atoms. The Morgan fingerprint density at radius 3 is 2.37 bits per heavy atom. The molecule has 0 aliphatic heterocycles. The standard InChI is InChI=1S/C15H16FNO.ClH/c16-10-9-15(17)12-5-4-8-14(11-12)18-13-6-2-1-3-7-13;/h1-8,11,15H,9-10,17H2;1H/t15-;/m1./s1. The minimum absolute atomic E-state index is 0. The van der Waals surface area contributed by atoms with Crippen molar-refractivity contribution in [1.29, 1.82) is 0 Å². The second-order valence-electron chi connectivity index (χ2n) is 4.07. The maximum absolute atomic E-state index is 12.3. The first kappa shape index (κ1) is 15.5. The van der Waals surface area contributed by atoms with Crippen LogP contribution in [0.3, 0.4) is 0 Å². The zero-order chi connectivity index (χ0) is 12.8. The Morgan fingerprint density at radius 1 is 1.00 bits per heavy atom. The van der Waals surface area contributed by atoms with Gasteiger partial charge in [0.05, 0.1) is 6.67 Å². The van der Waals surface area contributed by atoms with Gasteiger partial charge in [-0.2, -0.15) is 0 Å². The molecule has 4 heteroatoms. The molecular weight excluding hydrogens is 265 g/mol.